The average molecular weight is 410 g/mol. The molecule has 1 atom stereocenters. The Balaban J connectivity index is 1.66. The van der Waals surface area contributed by atoms with Crippen LogP contribution >= 0.6 is 19.4 Å². The molecule has 3 rings (SSSR count). The molecule has 144 valence electrons. The summed E-state index contributed by atoms with van der Waals surface area (Å²) in [6.45, 7) is 1.29. The molecule has 1 heterocycles. The van der Waals surface area contributed by atoms with Crippen molar-refractivity contribution in [1.29, 1.82) is 0 Å². The SMILES string of the molecule is O=C(CCl)N1CCC(COP(=O)(Oc2ccccc2)Oc2ccccc2)C1. The van der Waals surface area contributed by atoms with Crippen molar-refractivity contribution in [2.45, 2.75) is 6.42 Å². The number of para-hydroxylation sites is 2. The van der Waals surface area contributed by atoms with Gasteiger partial charge < -0.3 is 13.9 Å². The molecule has 1 fully saturated rings. The Morgan fingerprint density at radius 1 is 1.04 bits per heavy atom. The summed E-state index contributed by atoms with van der Waals surface area (Å²) in [5.41, 5.74) is 0. The fourth-order valence-corrected chi connectivity index (χ4v) is 4.23. The van der Waals surface area contributed by atoms with Crippen LogP contribution < -0.4 is 9.05 Å². The van der Waals surface area contributed by atoms with Crippen LogP contribution in [0.3, 0.4) is 0 Å². The van der Waals surface area contributed by atoms with Crippen molar-refractivity contribution in [2.75, 3.05) is 25.6 Å². The summed E-state index contributed by atoms with van der Waals surface area (Å²) in [6, 6.07) is 17.5. The number of carbonyl (C=O) groups excluding carboxylic acids is 1. The highest BCUT2D eigenvalue weighted by Crippen LogP contribution is 2.50. The zero-order chi connectivity index (χ0) is 19.1. The second kappa shape index (κ2) is 9.27. The van der Waals surface area contributed by atoms with E-state index in [2.05, 4.69) is 0 Å². The molecule has 0 saturated carbocycles. The molecule has 1 unspecified atom stereocenters. The van der Waals surface area contributed by atoms with E-state index in [-0.39, 0.29) is 24.3 Å². The van der Waals surface area contributed by atoms with Gasteiger partial charge in [0.1, 0.15) is 17.4 Å². The van der Waals surface area contributed by atoms with Crippen LogP contribution in [-0.2, 0) is 13.9 Å². The highest BCUT2D eigenvalue weighted by molar-refractivity contribution is 7.49. The van der Waals surface area contributed by atoms with Gasteiger partial charge in [0.2, 0.25) is 5.91 Å². The van der Waals surface area contributed by atoms with E-state index in [9.17, 15) is 9.36 Å². The molecule has 2 aromatic rings. The molecule has 0 bridgehead atoms. The molecule has 8 heteroatoms. The van der Waals surface area contributed by atoms with Crippen molar-refractivity contribution >= 4 is 25.3 Å². The Bertz CT molecular complexity index is 744. The number of alkyl halides is 1. The minimum absolute atomic E-state index is 0.0414. The van der Waals surface area contributed by atoms with E-state index in [4.69, 9.17) is 25.2 Å². The number of phosphoric ester groups is 1. The molecule has 1 amide bonds. The number of benzene rings is 2. The van der Waals surface area contributed by atoms with Gasteiger partial charge in [-0.15, -0.1) is 11.6 Å². The minimum atomic E-state index is -3.90. The Kier molecular flexibility index (Phi) is 6.78. The summed E-state index contributed by atoms with van der Waals surface area (Å²) in [5, 5.41) is 0. The monoisotopic (exact) mass is 409 g/mol. The van der Waals surface area contributed by atoms with Gasteiger partial charge in [0.05, 0.1) is 6.61 Å². The third kappa shape index (κ3) is 5.73. The number of hydrogen-bond acceptors (Lipinski definition) is 5. The van der Waals surface area contributed by atoms with Crippen LogP contribution in [-0.4, -0.2) is 36.4 Å². The molecular formula is C19H21ClNO5P. The lowest BCUT2D eigenvalue weighted by Crippen LogP contribution is -2.30. The first-order chi connectivity index (χ1) is 13.1. The summed E-state index contributed by atoms with van der Waals surface area (Å²) in [7, 11) is -3.90. The quantitative estimate of drug-likeness (QED) is 0.479. The molecule has 6 nitrogen and oxygen atoms in total. The van der Waals surface area contributed by atoms with Gasteiger partial charge in [-0.2, -0.15) is 0 Å². The third-order valence-electron chi connectivity index (χ3n) is 4.14. The molecule has 0 N–H and O–H groups in total. The third-order valence-corrected chi connectivity index (χ3v) is 5.70. The van der Waals surface area contributed by atoms with E-state index < -0.39 is 7.82 Å². The number of carbonyl (C=O) groups is 1. The molecule has 27 heavy (non-hydrogen) atoms. The maximum absolute atomic E-state index is 13.2. The molecule has 1 saturated heterocycles. The number of likely N-dealkylation sites (tertiary alicyclic amines) is 1. The molecule has 2 aromatic carbocycles. The van der Waals surface area contributed by atoms with Crippen molar-refractivity contribution in [3.05, 3.63) is 60.7 Å². The van der Waals surface area contributed by atoms with Gasteiger partial charge in [0.25, 0.3) is 0 Å². The molecule has 0 spiro atoms. The number of phosphoric acid groups is 1. The number of nitrogens with zero attached hydrogens (tertiary/aromatic N) is 1. The van der Waals surface area contributed by atoms with E-state index in [1.165, 1.54) is 0 Å². The van der Waals surface area contributed by atoms with Crippen molar-refractivity contribution in [2.24, 2.45) is 5.92 Å². The summed E-state index contributed by atoms with van der Waals surface area (Å²) in [5.74, 6) is 0.678. The van der Waals surface area contributed by atoms with Gasteiger partial charge in [-0.3, -0.25) is 9.32 Å². The van der Waals surface area contributed by atoms with Crippen LogP contribution in [0.5, 0.6) is 11.5 Å². The Hall–Kier alpha value is -2.01. The summed E-state index contributed by atoms with van der Waals surface area (Å²) < 4.78 is 30.0. The highest BCUT2D eigenvalue weighted by Gasteiger charge is 2.34. The molecule has 1 aliphatic heterocycles. The van der Waals surface area contributed by atoms with E-state index in [1.54, 1.807) is 53.4 Å². The normalized spacial score (nSPS) is 16.9. The lowest BCUT2D eigenvalue weighted by atomic mass is 10.1. The number of rotatable bonds is 8. The lowest BCUT2D eigenvalue weighted by molar-refractivity contribution is -0.127. The Labute approximate surface area is 163 Å². The second-order valence-electron chi connectivity index (χ2n) is 6.18. The summed E-state index contributed by atoms with van der Waals surface area (Å²) in [4.78, 5) is 13.4. The van der Waals surface area contributed by atoms with Gasteiger partial charge in [0.15, 0.2) is 0 Å². The predicted molar refractivity (Wildman–Crippen MR) is 103 cm³/mol. The predicted octanol–water partition coefficient (Wildman–Crippen LogP) is 4.36. The smallest absolute Gasteiger partial charge is 0.395 e. The van der Waals surface area contributed by atoms with Crippen LogP contribution in [0.1, 0.15) is 6.42 Å². The van der Waals surface area contributed by atoms with Gasteiger partial charge in [-0.1, -0.05) is 36.4 Å². The van der Waals surface area contributed by atoms with Crippen molar-refractivity contribution in [3.8, 4) is 11.5 Å². The first-order valence-electron chi connectivity index (χ1n) is 8.65. The average Bonchev–Trinajstić information content (AvgIpc) is 3.16. The van der Waals surface area contributed by atoms with Gasteiger partial charge in [-0.25, -0.2) is 4.57 Å². The summed E-state index contributed by atoms with van der Waals surface area (Å²) >= 11 is 5.60. The van der Waals surface area contributed by atoms with Gasteiger partial charge in [-0.05, 0) is 30.7 Å². The topological polar surface area (TPSA) is 65.1 Å². The Morgan fingerprint density at radius 3 is 2.11 bits per heavy atom. The van der Waals surface area contributed by atoms with Crippen LogP contribution in [0, 0.1) is 5.92 Å². The minimum Gasteiger partial charge on any atom is -0.395 e. The molecule has 1 aliphatic rings. The van der Waals surface area contributed by atoms with Crippen molar-refractivity contribution < 1.29 is 22.9 Å². The standard InChI is InChI=1S/C19H21ClNO5P/c20-13-19(22)21-12-11-16(14-21)15-24-27(23,25-17-7-3-1-4-8-17)26-18-9-5-2-6-10-18/h1-10,16H,11-15H2. The van der Waals surface area contributed by atoms with Gasteiger partial charge >= 0.3 is 7.82 Å². The van der Waals surface area contributed by atoms with Crippen LogP contribution in [0.2, 0.25) is 0 Å². The number of halogens is 1. The van der Waals surface area contributed by atoms with Crippen LogP contribution in [0.25, 0.3) is 0 Å². The maximum Gasteiger partial charge on any atom is 0.587 e. The van der Waals surface area contributed by atoms with Crippen molar-refractivity contribution in [1.82, 2.24) is 4.90 Å². The van der Waals surface area contributed by atoms with Crippen molar-refractivity contribution in [3.63, 3.8) is 0 Å². The fraction of sp³-hybridized carbons (Fsp3) is 0.316. The number of amides is 1. The zero-order valence-electron chi connectivity index (χ0n) is 14.7. The fourth-order valence-electron chi connectivity index (χ4n) is 2.77. The molecule has 0 aliphatic carbocycles. The molecule has 0 radical (unpaired) electrons. The lowest BCUT2D eigenvalue weighted by Gasteiger charge is -2.21. The second-order valence-corrected chi connectivity index (χ2v) is 7.96. The Morgan fingerprint density at radius 2 is 1.59 bits per heavy atom. The molecule has 0 aromatic heterocycles. The maximum atomic E-state index is 13.2. The van der Waals surface area contributed by atoms with E-state index in [1.807, 2.05) is 12.1 Å². The van der Waals surface area contributed by atoms with E-state index >= 15 is 0 Å². The van der Waals surface area contributed by atoms with Crippen LogP contribution in [0.4, 0.5) is 0 Å². The van der Waals surface area contributed by atoms with Gasteiger partial charge in [0, 0.05) is 19.0 Å². The zero-order valence-corrected chi connectivity index (χ0v) is 16.4. The van der Waals surface area contributed by atoms with E-state index in [0.29, 0.717) is 24.6 Å². The molecular weight excluding hydrogens is 389 g/mol. The first-order valence-corrected chi connectivity index (χ1v) is 10.6. The summed E-state index contributed by atoms with van der Waals surface area (Å²) in [6.07, 6.45) is 0.749. The van der Waals surface area contributed by atoms with Crippen LogP contribution in [0.15, 0.2) is 60.7 Å². The van der Waals surface area contributed by atoms with E-state index in [0.717, 1.165) is 6.42 Å². The number of hydrogen-bond donors (Lipinski definition) is 0. The largest absolute Gasteiger partial charge is 0.587 e. The highest BCUT2D eigenvalue weighted by atomic mass is 35.5. The first kappa shape index (κ1) is 19.7.